The zero-order chi connectivity index (χ0) is 14.8. The summed E-state index contributed by atoms with van der Waals surface area (Å²) in [5.74, 6) is 0.841. The van der Waals surface area contributed by atoms with Crippen molar-refractivity contribution < 1.29 is 0 Å². The second-order valence-corrected chi connectivity index (χ2v) is 6.05. The van der Waals surface area contributed by atoms with E-state index in [1.807, 2.05) is 36.7 Å². The molecule has 2 aromatic rings. The number of benzene rings is 1. The van der Waals surface area contributed by atoms with Gasteiger partial charge in [-0.05, 0) is 29.9 Å². The fraction of sp³-hybridized carbons (Fsp3) is 0.267. The molecule has 0 saturated carbocycles. The summed E-state index contributed by atoms with van der Waals surface area (Å²) >= 11 is 4.80. The van der Waals surface area contributed by atoms with Crippen LogP contribution in [0.25, 0.3) is 11.1 Å². The molecule has 4 nitrogen and oxygen atoms in total. The zero-order valence-electron chi connectivity index (χ0n) is 11.8. The second-order valence-electron chi connectivity index (χ2n) is 5.61. The van der Waals surface area contributed by atoms with Crippen LogP contribution in [0.5, 0.6) is 0 Å². The Morgan fingerprint density at radius 2 is 1.60 bits per heavy atom. The summed E-state index contributed by atoms with van der Waals surface area (Å²) in [5.41, 5.74) is 8.30. The van der Waals surface area contributed by atoms with Crippen LogP contribution < -0.4 is 11.1 Å². The molecular formula is C15H18N4S. The first-order valence-electron chi connectivity index (χ1n) is 6.36. The van der Waals surface area contributed by atoms with Gasteiger partial charge in [0.1, 0.15) is 5.82 Å². The molecule has 0 atom stereocenters. The molecule has 2 rings (SSSR count). The van der Waals surface area contributed by atoms with Crippen molar-refractivity contribution in [1.29, 1.82) is 0 Å². The molecule has 0 saturated heterocycles. The van der Waals surface area contributed by atoms with Crippen molar-refractivity contribution in [2.45, 2.75) is 26.2 Å². The van der Waals surface area contributed by atoms with E-state index in [-0.39, 0.29) is 10.5 Å². The summed E-state index contributed by atoms with van der Waals surface area (Å²) < 4.78 is 0. The Bertz CT molecular complexity index is 597. The Hall–Kier alpha value is -2.01. The molecule has 1 aromatic heterocycles. The number of rotatable bonds is 2. The lowest BCUT2D eigenvalue weighted by Gasteiger charge is -2.16. The lowest BCUT2D eigenvalue weighted by Crippen LogP contribution is -2.18. The molecule has 104 valence electrons. The summed E-state index contributed by atoms with van der Waals surface area (Å²) in [6, 6.07) is 7.81. The predicted octanol–water partition coefficient (Wildman–Crippen LogP) is 3.10. The molecule has 0 amide bonds. The number of nitrogens with two attached hydrogens (primary N) is 1. The van der Waals surface area contributed by atoms with Crippen LogP contribution >= 0.6 is 12.2 Å². The molecule has 5 heteroatoms. The smallest absolute Gasteiger partial charge is 0.168 e. The van der Waals surface area contributed by atoms with E-state index in [2.05, 4.69) is 36.1 Å². The van der Waals surface area contributed by atoms with Crippen molar-refractivity contribution in [2.75, 3.05) is 5.32 Å². The molecule has 0 radical (unpaired) electrons. The summed E-state index contributed by atoms with van der Waals surface area (Å²) in [6.07, 6.45) is 3.70. The van der Waals surface area contributed by atoms with E-state index in [1.165, 1.54) is 0 Å². The van der Waals surface area contributed by atoms with Gasteiger partial charge >= 0.3 is 0 Å². The maximum absolute atomic E-state index is 5.43. The van der Waals surface area contributed by atoms with E-state index in [9.17, 15) is 0 Å². The summed E-state index contributed by atoms with van der Waals surface area (Å²) in [4.78, 5) is 8.86. The first-order chi connectivity index (χ1) is 9.36. The van der Waals surface area contributed by atoms with E-state index in [4.69, 9.17) is 18.0 Å². The third kappa shape index (κ3) is 3.51. The third-order valence-electron chi connectivity index (χ3n) is 2.81. The van der Waals surface area contributed by atoms with E-state index in [0.717, 1.165) is 22.6 Å². The van der Waals surface area contributed by atoms with Crippen molar-refractivity contribution >= 4 is 23.0 Å². The lowest BCUT2D eigenvalue weighted by atomic mass is 9.95. The quantitative estimate of drug-likeness (QED) is 0.831. The normalized spacial score (nSPS) is 11.2. The largest absolute Gasteiger partial charge is 0.376 e. The molecule has 0 aliphatic carbocycles. The number of aromatic nitrogens is 2. The van der Waals surface area contributed by atoms with E-state index in [1.54, 1.807) is 0 Å². The van der Waals surface area contributed by atoms with Crippen molar-refractivity contribution in [2.24, 2.45) is 5.73 Å². The Morgan fingerprint density at radius 3 is 2.05 bits per heavy atom. The summed E-state index contributed by atoms with van der Waals surface area (Å²) in [5, 5.41) is 3.15. The predicted molar refractivity (Wildman–Crippen MR) is 86.6 cm³/mol. The van der Waals surface area contributed by atoms with Crippen molar-refractivity contribution in [1.82, 2.24) is 9.97 Å². The highest BCUT2D eigenvalue weighted by molar-refractivity contribution is 7.80. The maximum atomic E-state index is 5.43. The fourth-order valence-corrected chi connectivity index (χ4v) is 1.87. The van der Waals surface area contributed by atoms with Gasteiger partial charge in [-0.3, -0.25) is 0 Å². The summed E-state index contributed by atoms with van der Waals surface area (Å²) in [6.45, 7) is 6.29. The molecule has 0 spiro atoms. The molecule has 0 aliphatic heterocycles. The highest BCUT2D eigenvalue weighted by atomic mass is 32.1. The lowest BCUT2D eigenvalue weighted by molar-refractivity contribution is 0.545. The maximum Gasteiger partial charge on any atom is 0.168 e. The van der Waals surface area contributed by atoms with Gasteiger partial charge in [-0.15, -0.1) is 0 Å². The molecule has 1 aromatic carbocycles. The number of hydrogen-bond acceptors (Lipinski definition) is 3. The van der Waals surface area contributed by atoms with Gasteiger partial charge in [-0.2, -0.15) is 0 Å². The molecule has 0 bridgehead atoms. The van der Waals surface area contributed by atoms with E-state index >= 15 is 0 Å². The number of hydrogen-bond donors (Lipinski definition) is 2. The van der Waals surface area contributed by atoms with Crippen LogP contribution in [-0.2, 0) is 5.41 Å². The van der Waals surface area contributed by atoms with Gasteiger partial charge < -0.3 is 11.1 Å². The van der Waals surface area contributed by atoms with Gasteiger partial charge in [-0.1, -0.05) is 32.9 Å². The number of nitrogens with zero attached hydrogens (tertiary/aromatic N) is 2. The van der Waals surface area contributed by atoms with E-state index in [0.29, 0.717) is 0 Å². The third-order valence-corrected chi connectivity index (χ3v) is 2.91. The standard InChI is InChI=1S/C15H18N4S/c1-15(2,3)13-17-8-11(9-18-13)10-4-6-12(7-5-10)19-14(16)20/h4-9H,1-3H3,(H3,16,19,20). The van der Waals surface area contributed by atoms with Crippen LogP contribution in [0.4, 0.5) is 5.69 Å². The Morgan fingerprint density at radius 1 is 1.05 bits per heavy atom. The van der Waals surface area contributed by atoms with Gasteiger partial charge in [0.05, 0.1) is 0 Å². The average molecular weight is 286 g/mol. The Kier molecular flexibility index (Phi) is 3.99. The Labute approximate surface area is 124 Å². The van der Waals surface area contributed by atoms with E-state index < -0.39 is 0 Å². The molecule has 0 fully saturated rings. The first kappa shape index (κ1) is 14.4. The molecule has 3 N–H and O–H groups in total. The highest BCUT2D eigenvalue weighted by Gasteiger charge is 2.16. The van der Waals surface area contributed by atoms with Gasteiger partial charge in [0.15, 0.2) is 5.11 Å². The molecule has 20 heavy (non-hydrogen) atoms. The average Bonchev–Trinajstić information content (AvgIpc) is 2.38. The van der Waals surface area contributed by atoms with Crippen LogP contribution in [0.3, 0.4) is 0 Å². The topological polar surface area (TPSA) is 63.8 Å². The monoisotopic (exact) mass is 286 g/mol. The second kappa shape index (κ2) is 5.54. The van der Waals surface area contributed by atoms with Crippen molar-refractivity contribution in [3.63, 3.8) is 0 Å². The van der Waals surface area contributed by atoms with Crippen LogP contribution in [0.2, 0.25) is 0 Å². The SMILES string of the molecule is CC(C)(C)c1ncc(-c2ccc(NC(N)=S)cc2)cn1. The van der Waals surface area contributed by atoms with Gasteiger partial charge in [0, 0.05) is 29.1 Å². The molecule has 0 aliphatic rings. The van der Waals surface area contributed by atoms with Crippen molar-refractivity contribution in [3.8, 4) is 11.1 Å². The molecular weight excluding hydrogens is 268 g/mol. The van der Waals surface area contributed by atoms with Gasteiger partial charge in [0.2, 0.25) is 0 Å². The van der Waals surface area contributed by atoms with Crippen molar-refractivity contribution in [3.05, 3.63) is 42.5 Å². The van der Waals surface area contributed by atoms with Crippen LogP contribution in [0.1, 0.15) is 26.6 Å². The zero-order valence-corrected chi connectivity index (χ0v) is 12.7. The van der Waals surface area contributed by atoms with Gasteiger partial charge in [0.25, 0.3) is 0 Å². The van der Waals surface area contributed by atoms with Gasteiger partial charge in [-0.25, -0.2) is 9.97 Å². The van der Waals surface area contributed by atoms with Crippen LogP contribution in [-0.4, -0.2) is 15.1 Å². The minimum atomic E-state index is -0.0386. The fourth-order valence-electron chi connectivity index (χ4n) is 1.75. The molecule has 1 heterocycles. The Balaban J connectivity index is 2.21. The summed E-state index contributed by atoms with van der Waals surface area (Å²) in [7, 11) is 0. The number of nitrogens with one attached hydrogen (secondary N) is 1. The highest BCUT2D eigenvalue weighted by Crippen LogP contribution is 2.22. The van der Waals surface area contributed by atoms with Crippen LogP contribution in [0.15, 0.2) is 36.7 Å². The minimum absolute atomic E-state index is 0.0386. The number of thiocarbonyl (C=S) groups is 1. The number of anilines is 1. The van der Waals surface area contributed by atoms with Crippen LogP contribution in [0, 0.1) is 0 Å². The minimum Gasteiger partial charge on any atom is -0.376 e. The first-order valence-corrected chi connectivity index (χ1v) is 6.76. The molecule has 0 unspecified atom stereocenters.